The van der Waals surface area contributed by atoms with E-state index >= 15 is 0 Å². The Morgan fingerprint density at radius 1 is 1.08 bits per heavy atom. The Morgan fingerprint density at radius 3 is 2.64 bits per heavy atom. The van der Waals surface area contributed by atoms with Crippen molar-refractivity contribution < 1.29 is 19.4 Å². The van der Waals surface area contributed by atoms with Crippen LogP contribution in [0, 0.1) is 0 Å². The molecule has 0 saturated heterocycles. The molecule has 0 bridgehead atoms. The standard InChI is InChI=1S/C20H28O5/c1-2-3-4-5-6-9-17-19(22)16-11-10-15(24-13-8-7-12-21)14-18(16)25-20(17)23/h10-11,14,21-22H,2-9,12-13H2,1H3. The zero-order valence-electron chi connectivity index (χ0n) is 14.9. The van der Waals surface area contributed by atoms with Crippen molar-refractivity contribution in [2.24, 2.45) is 0 Å². The Morgan fingerprint density at radius 2 is 1.88 bits per heavy atom. The van der Waals surface area contributed by atoms with Crippen LogP contribution in [-0.2, 0) is 6.42 Å². The second kappa shape index (κ2) is 10.1. The summed E-state index contributed by atoms with van der Waals surface area (Å²) in [5, 5.41) is 19.7. The molecule has 0 atom stereocenters. The van der Waals surface area contributed by atoms with E-state index in [4.69, 9.17) is 14.3 Å². The fourth-order valence-corrected chi connectivity index (χ4v) is 2.82. The number of hydrogen-bond donors (Lipinski definition) is 2. The first-order valence-corrected chi connectivity index (χ1v) is 9.19. The summed E-state index contributed by atoms with van der Waals surface area (Å²) in [7, 11) is 0. The van der Waals surface area contributed by atoms with Gasteiger partial charge in [-0.05, 0) is 37.8 Å². The molecule has 0 aliphatic heterocycles. The van der Waals surface area contributed by atoms with Crippen LogP contribution in [0.5, 0.6) is 11.5 Å². The molecule has 1 aromatic carbocycles. The predicted molar refractivity (Wildman–Crippen MR) is 98.4 cm³/mol. The van der Waals surface area contributed by atoms with Gasteiger partial charge in [-0.1, -0.05) is 32.6 Å². The fourth-order valence-electron chi connectivity index (χ4n) is 2.82. The van der Waals surface area contributed by atoms with Gasteiger partial charge in [-0.15, -0.1) is 0 Å². The van der Waals surface area contributed by atoms with Crippen molar-refractivity contribution in [3.8, 4) is 11.5 Å². The SMILES string of the molecule is CCCCCCCc1c(O)c2ccc(OCCCCO)cc2oc1=O. The highest BCUT2D eigenvalue weighted by Gasteiger charge is 2.14. The maximum Gasteiger partial charge on any atom is 0.343 e. The molecular weight excluding hydrogens is 320 g/mol. The minimum absolute atomic E-state index is 0.0218. The number of benzene rings is 1. The summed E-state index contributed by atoms with van der Waals surface area (Å²) in [6, 6.07) is 5.10. The number of aliphatic hydroxyl groups is 1. The third kappa shape index (κ3) is 5.49. The van der Waals surface area contributed by atoms with Gasteiger partial charge < -0.3 is 19.4 Å². The molecule has 2 N–H and O–H groups in total. The van der Waals surface area contributed by atoms with E-state index in [2.05, 4.69) is 6.92 Å². The van der Waals surface area contributed by atoms with Gasteiger partial charge in [-0.2, -0.15) is 0 Å². The Bertz CT molecular complexity index is 720. The summed E-state index contributed by atoms with van der Waals surface area (Å²) in [5.41, 5.74) is 0.218. The molecule has 0 radical (unpaired) electrons. The number of ether oxygens (including phenoxy) is 1. The van der Waals surface area contributed by atoms with E-state index in [1.165, 1.54) is 12.8 Å². The van der Waals surface area contributed by atoms with E-state index < -0.39 is 5.63 Å². The van der Waals surface area contributed by atoms with Gasteiger partial charge in [0.15, 0.2) is 0 Å². The lowest BCUT2D eigenvalue weighted by Crippen LogP contribution is -2.08. The number of fused-ring (bicyclic) bond motifs is 1. The van der Waals surface area contributed by atoms with Crippen molar-refractivity contribution in [2.75, 3.05) is 13.2 Å². The quantitative estimate of drug-likeness (QED) is 0.471. The molecule has 0 aliphatic rings. The van der Waals surface area contributed by atoms with Crippen LogP contribution in [0.3, 0.4) is 0 Å². The molecule has 1 aromatic heterocycles. The maximum absolute atomic E-state index is 12.2. The fraction of sp³-hybridized carbons (Fsp3) is 0.550. The van der Waals surface area contributed by atoms with Gasteiger partial charge in [0, 0.05) is 12.7 Å². The van der Waals surface area contributed by atoms with E-state index in [0.717, 1.165) is 25.7 Å². The molecule has 5 heteroatoms. The van der Waals surface area contributed by atoms with Crippen LogP contribution < -0.4 is 10.4 Å². The molecule has 0 spiro atoms. The first kappa shape index (κ1) is 19.3. The van der Waals surface area contributed by atoms with Crippen molar-refractivity contribution in [1.82, 2.24) is 0 Å². The summed E-state index contributed by atoms with van der Waals surface area (Å²) in [6.45, 7) is 2.79. The summed E-state index contributed by atoms with van der Waals surface area (Å²) in [6.07, 6.45) is 7.40. The molecule has 5 nitrogen and oxygen atoms in total. The summed E-state index contributed by atoms with van der Waals surface area (Å²) < 4.78 is 11.0. The molecule has 0 amide bonds. The van der Waals surface area contributed by atoms with Crippen LogP contribution in [0.1, 0.15) is 57.4 Å². The first-order valence-electron chi connectivity index (χ1n) is 9.19. The molecule has 0 saturated carbocycles. The summed E-state index contributed by atoms with van der Waals surface area (Å²) >= 11 is 0. The predicted octanol–water partition coefficient (Wildman–Crippen LogP) is 4.16. The van der Waals surface area contributed by atoms with Crippen LogP contribution in [0.2, 0.25) is 0 Å². The van der Waals surface area contributed by atoms with Gasteiger partial charge in [-0.3, -0.25) is 0 Å². The maximum atomic E-state index is 12.2. The second-order valence-electron chi connectivity index (χ2n) is 6.32. The molecule has 0 aliphatic carbocycles. The zero-order chi connectivity index (χ0) is 18.1. The smallest absolute Gasteiger partial charge is 0.343 e. The lowest BCUT2D eigenvalue weighted by atomic mass is 10.0. The van der Waals surface area contributed by atoms with Crippen LogP contribution in [0.15, 0.2) is 27.4 Å². The number of rotatable bonds is 11. The minimum atomic E-state index is -0.474. The van der Waals surface area contributed by atoms with Crippen LogP contribution in [0.4, 0.5) is 0 Å². The molecule has 25 heavy (non-hydrogen) atoms. The highest BCUT2D eigenvalue weighted by Crippen LogP contribution is 2.30. The van der Waals surface area contributed by atoms with E-state index in [-0.39, 0.29) is 12.4 Å². The largest absolute Gasteiger partial charge is 0.507 e. The van der Waals surface area contributed by atoms with Gasteiger partial charge in [0.1, 0.15) is 17.1 Å². The normalized spacial score (nSPS) is 11.1. The molecule has 0 unspecified atom stereocenters. The second-order valence-corrected chi connectivity index (χ2v) is 6.32. The van der Waals surface area contributed by atoms with Gasteiger partial charge in [0.05, 0.1) is 17.6 Å². The number of hydrogen-bond acceptors (Lipinski definition) is 5. The van der Waals surface area contributed by atoms with Gasteiger partial charge in [0.25, 0.3) is 0 Å². The summed E-state index contributed by atoms with van der Waals surface area (Å²) in [5.74, 6) is 0.605. The van der Waals surface area contributed by atoms with Crippen molar-refractivity contribution in [1.29, 1.82) is 0 Å². The minimum Gasteiger partial charge on any atom is -0.507 e. The van der Waals surface area contributed by atoms with E-state index in [1.807, 2.05) is 0 Å². The molecule has 2 rings (SSSR count). The Hall–Kier alpha value is -2.01. The third-order valence-corrected chi connectivity index (χ3v) is 4.29. The lowest BCUT2D eigenvalue weighted by molar-refractivity contribution is 0.253. The highest BCUT2D eigenvalue weighted by atomic mass is 16.5. The van der Waals surface area contributed by atoms with Crippen LogP contribution in [-0.4, -0.2) is 23.4 Å². The number of aliphatic hydroxyl groups excluding tert-OH is 1. The molecule has 138 valence electrons. The number of aromatic hydroxyl groups is 1. The van der Waals surface area contributed by atoms with E-state index in [0.29, 0.717) is 41.7 Å². The summed E-state index contributed by atoms with van der Waals surface area (Å²) in [4.78, 5) is 12.2. The average molecular weight is 348 g/mol. The Labute approximate surface area is 148 Å². The first-order chi connectivity index (χ1) is 12.2. The van der Waals surface area contributed by atoms with Gasteiger partial charge in [0.2, 0.25) is 0 Å². The highest BCUT2D eigenvalue weighted by molar-refractivity contribution is 5.85. The molecule has 0 fully saturated rings. The lowest BCUT2D eigenvalue weighted by Gasteiger charge is -2.09. The topological polar surface area (TPSA) is 79.9 Å². The number of unbranched alkanes of at least 4 members (excludes halogenated alkanes) is 5. The van der Waals surface area contributed by atoms with Crippen molar-refractivity contribution in [2.45, 2.75) is 58.3 Å². The zero-order valence-corrected chi connectivity index (χ0v) is 14.9. The average Bonchev–Trinajstić information content (AvgIpc) is 2.61. The monoisotopic (exact) mass is 348 g/mol. The van der Waals surface area contributed by atoms with Crippen molar-refractivity contribution in [3.63, 3.8) is 0 Å². The van der Waals surface area contributed by atoms with Crippen molar-refractivity contribution in [3.05, 3.63) is 34.2 Å². The third-order valence-electron chi connectivity index (χ3n) is 4.29. The Kier molecular flexibility index (Phi) is 7.79. The van der Waals surface area contributed by atoms with Gasteiger partial charge >= 0.3 is 5.63 Å². The molecule has 2 aromatic rings. The van der Waals surface area contributed by atoms with Crippen LogP contribution in [0.25, 0.3) is 11.0 Å². The van der Waals surface area contributed by atoms with E-state index in [1.54, 1.807) is 18.2 Å². The Balaban J connectivity index is 2.09. The molecule has 1 heterocycles. The van der Waals surface area contributed by atoms with E-state index in [9.17, 15) is 9.90 Å². The molecular formula is C20H28O5. The van der Waals surface area contributed by atoms with Crippen molar-refractivity contribution >= 4 is 11.0 Å². The van der Waals surface area contributed by atoms with Gasteiger partial charge in [-0.25, -0.2) is 4.79 Å². The van der Waals surface area contributed by atoms with Crippen LogP contribution >= 0.6 is 0 Å².